The molecule has 2 heterocycles. The van der Waals surface area contributed by atoms with Gasteiger partial charge in [0, 0.05) is 27.3 Å². The van der Waals surface area contributed by atoms with E-state index in [2.05, 4.69) is 49.2 Å². The highest BCUT2D eigenvalue weighted by Gasteiger charge is 2.22. The summed E-state index contributed by atoms with van der Waals surface area (Å²) in [4.78, 5) is 1.21. The predicted octanol–water partition coefficient (Wildman–Crippen LogP) is 2.87. The number of furan rings is 1. The van der Waals surface area contributed by atoms with Gasteiger partial charge in [-0.3, -0.25) is 0 Å². The molecule has 0 spiro atoms. The van der Waals surface area contributed by atoms with Gasteiger partial charge in [0.25, 0.3) is 0 Å². The highest BCUT2D eigenvalue weighted by atomic mass is 32.2. The number of hydrogen-bond donors (Lipinski definition) is 1. The van der Waals surface area contributed by atoms with E-state index in [0.29, 0.717) is 6.61 Å². The zero-order chi connectivity index (χ0) is 14.4. The number of ether oxygens (including phenoxy) is 1. The van der Waals surface area contributed by atoms with Crippen molar-refractivity contribution in [2.75, 3.05) is 12.9 Å². The van der Waals surface area contributed by atoms with Gasteiger partial charge in [-0.2, -0.15) is 12.6 Å². The SMILES string of the molecule is CSc1ccc2c(c1)OCCc1c-2oc2c1=CC(S)CC=2. The number of benzene rings is 1. The first-order valence-corrected chi connectivity index (χ1v) is 8.83. The standard InChI is InChI=1S/C17H16O2S2/c1-21-11-3-4-13-16(9-11)18-7-6-12-14-8-10(20)2-5-15(14)19-17(12)13/h3-5,8-10,20H,2,6-7H2,1H3. The maximum absolute atomic E-state index is 6.15. The van der Waals surface area contributed by atoms with E-state index in [4.69, 9.17) is 9.15 Å². The molecule has 1 atom stereocenters. The monoisotopic (exact) mass is 316 g/mol. The molecule has 1 aromatic carbocycles. The van der Waals surface area contributed by atoms with Crippen LogP contribution < -0.4 is 15.4 Å². The maximum Gasteiger partial charge on any atom is 0.142 e. The summed E-state index contributed by atoms with van der Waals surface area (Å²) in [6.45, 7) is 0.689. The lowest BCUT2D eigenvalue weighted by molar-refractivity contribution is 0.325. The van der Waals surface area contributed by atoms with Gasteiger partial charge in [-0.25, -0.2) is 0 Å². The number of fused-ring (bicyclic) bond motifs is 5. The van der Waals surface area contributed by atoms with Crippen LogP contribution in [0.3, 0.4) is 0 Å². The molecular formula is C17H16O2S2. The molecule has 4 rings (SSSR count). The van der Waals surface area contributed by atoms with E-state index >= 15 is 0 Å². The Labute approximate surface area is 133 Å². The van der Waals surface area contributed by atoms with Crippen LogP contribution in [-0.4, -0.2) is 18.1 Å². The van der Waals surface area contributed by atoms with Crippen LogP contribution in [0.25, 0.3) is 23.5 Å². The second kappa shape index (κ2) is 5.18. The minimum Gasteiger partial charge on any atom is -0.492 e. The average molecular weight is 316 g/mol. The van der Waals surface area contributed by atoms with E-state index in [-0.39, 0.29) is 5.25 Å². The van der Waals surface area contributed by atoms with Crippen molar-refractivity contribution in [1.82, 2.24) is 0 Å². The molecule has 2 aliphatic rings. The summed E-state index contributed by atoms with van der Waals surface area (Å²) >= 11 is 6.30. The van der Waals surface area contributed by atoms with Gasteiger partial charge in [0.1, 0.15) is 16.9 Å². The molecule has 2 aromatic rings. The molecule has 0 saturated heterocycles. The average Bonchev–Trinajstić information content (AvgIpc) is 2.75. The maximum atomic E-state index is 6.15. The number of thioether (sulfide) groups is 1. The summed E-state index contributed by atoms with van der Waals surface area (Å²) in [6, 6.07) is 6.34. The fourth-order valence-corrected chi connectivity index (χ4v) is 3.67. The second-order valence-electron chi connectivity index (χ2n) is 5.32. The van der Waals surface area contributed by atoms with Crippen LogP contribution >= 0.6 is 24.4 Å². The number of hydrogen-bond acceptors (Lipinski definition) is 4. The van der Waals surface area contributed by atoms with Crippen molar-refractivity contribution in [3.05, 3.63) is 34.4 Å². The summed E-state index contributed by atoms with van der Waals surface area (Å²) in [5, 5.41) is 1.49. The zero-order valence-corrected chi connectivity index (χ0v) is 13.5. The zero-order valence-electron chi connectivity index (χ0n) is 11.8. The van der Waals surface area contributed by atoms with E-state index in [1.165, 1.54) is 15.7 Å². The molecule has 108 valence electrons. The molecule has 1 aliphatic carbocycles. The molecule has 0 fully saturated rings. The van der Waals surface area contributed by atoms with Gasteiger partial charge >= 0.3 is 0 Å². The fraction of sp³-hybridized carbons (Fsp3) is 0.294. The summed E-state index contributed by atoms with van der Waals surface area (Å²) in [5.74, 6) is 1.89. The summed E-state index contributed by atoms with van der Waals surface area (Å²) < 4.78 is 12.1. The van der Waals surface area contributed by atoms with Gasteiger partial charge in [-0.15, -0.1) is 11.8 Å². The topological polar surface area (TPSA) is 22.4 Å². The van der Waals surface area contributed by atoms with Gasteiger partial charge in [-0.1, -0.05) is 6.08 Å². The third kappa shape index (κ3) is 2.21. The van der Waals surface area contributed by atoms with Crippen molar-refractivity contribution in [2.24, 2.45) is 0 Å². The molecule has 21 heavy (non-hydrogen) atoms. The van der Waals surface area contributed by atoms with Crippen molar-refractivity contribution < 1.29 is 9.15 Å². The van der Waals surface area contributed by atoms with Crippen LogP contribution in [0.1, 0.15) is 12.0 Å². The normalized spacial score (nSPS) is 19.2. The van der Waals surface area contributed by atoms with Crippen LogP contribution in [-0.2, 0) is 6.42 Å². The lowest BCUT2D eigenvalue weighted by atomic mass is 10.0. The van der Waals surface area contributed by atoms with Crippen molar-refractivity contribution in [3.63, 3.8) is 0 Å². The van der Waals surface area contributed by atoms with Gasteiger partial charge in [0.05, 0.1) is 12.2 Å². The smallest absolute Gasteiger partial charge is 0.142 e. The van der Waals surface area contributed by atoms with Crippen molar-refractivity contribution in [1.29, 1.82) is 0 Å². The lowest BCUT2D eigenvalue weighted by Gasteiger charge is -2.08. The van der Waals surface area contributed by atoms with Gasteiger partial charge in [-0.05, 0) is 37.0 Å². The quantitative estimate of drug-likeness (QED) is 0.646. The summed E-state index contributed by atoms with van der Waals surface area (Å²) in [6.07, 6.45) is 8.24. The minimum absolute atomic E-state index is 0.279. The predicted molar refractivity (Wildman–Crippen MR) is 90.7 cm³/mol. The molecule has 0 saturated carbocycles. The molecule has 0 radical (unpaired) electrons. The molecule has 1 aliphatic heterocycles. The van der Waals surface area contributed by atoms with Gasteiger partial charge < -0.3 is 9.15 Å². The number of thiol groups is 1. The first-order chi connectivity index (χ1) is 10.3. The van der Waals surface area contributed by atoms with Gasteiger partial charge in [0.15, 0.2) is 0 Å². The molecule has 2 nitrogen and oxygen atoms in total. The first-order valence-electron chi connectivity index (χ1n) is 7.09. The molecular weight excluding hydrogens is 300 g/mol. The van der Waals surface area contributed by atoms with E-state index in [0.717, 1.165) is 35.3 Å². The van der Waals surface area contributed by atoms with Crippen molar-refractivity contribution >= 4 is 36.5 Å². The molecule has 0 amide bonds. The summed E-state index contributed by atoms with van der Waals surface area (Å²) in [7, 11) is 0. The highest BCUT2D eigenvalue weighted by Crippen LogP contribution is 2.36. The largest absolute Gasteiger partial charge is 0.492 e. The van der Waals surface area contributed by atoms with Crippen molar-refractivity contribution in [2.45, 2.75) is 23.0 Å². The Bertz CT molecular complexity index is 820. The van der Waals surface area contributed by atoms with E-state index < -0.39 is 0 Å². The van der Waals surface area contributed by atoms with Crippen LogP contribution in [0.2, 0.25) is 0 Å². The third-order valence-electron chi connectivity index (χ3n) is 4.02. The Morgan fingerprint density at radius 2 is 2.24 bits per heavy atom. The summed E-state index contributed by atoms with van der Waals surface area (Å²) in [5.41, 5.74) is 3.31. The van der Waals surface area contributed by atoms with E-state index in [9.17, 15) is 0 Å². The highest BCUT2D eigenvalue weighted by molar-refractivity contribution is 7.98. The van der Waals surface area contributed by atoms with Crippen LogP contribution in [0, 0.1) is 0 Å². The van der Waals surface area contributed by atoms with E-state index in [1.54, 1.807) is 11.8 Å². The molecule has 0 bridgehead atoms. The molecule has 1 unspecified atom stereocenters. The lowest BCUT2D eigenvalue weighted by Crippen LogP contribution is -2.28. The molecule has 0 N–H and O–H groups in total. The van der Waals surface area contributed by atoms with Crippen LogP contribution in [0.4, 0.5) is 0 Å². The molecule has 4 heteroatoms. The minimum atomic E-state index is 0.279. The number of rotatable bonds is 1. The fourth-order valence-electron chi connectivity index (χ4n) is 2.99. The third-order valence-corrected chi connectivity index (χ3v) is 5.11. The Morgan fingerprint density at radius 3 is 3.10 bits per heavy atom. The van der Waals surface area contributed by atoms with Crippen molar-refractivity contribution in [3.8, 4) is 17.1 Å². The first kappa shape index (κ1) is 13.4. The Kier molecular flexibility index (Phi) is 3.31. The van der Waals surface area contributed by atoms with Crippen LogP contribution in [0.5, 0.6) is 5.75 Å². The molecule has 1 aromatic heterocycles. The Morgan fingerprint density at radius 1 is 1.33 bits per heavy atom. The second-order valence-corrected chi connectivity index (χ2v) is 6.87. The van der Waals surface area contributed by atoms with Gasteiger partial charge in [0.2, 0.25) is 0 Å². The van der Waals surface area contributed by atoms with E-state index in [1.807, 2.05) is 0 Å². The Hall–Kier alpha value is -1.26. The van der Waals surface area contributed by atoms with Crippen LogP contribution in [0.15, 0.2) is 27.5 Å². The Balaban J connectivity index is 1.98.